The van der Waals surface area contributed by atoms with Gasteiger partial charge in [0.25, 0.3) is 0 Å². The van der Waals surface area contributed by atoms with Gasteiger partial charge >= 0.3 is 0 Å². The highest BCUT2D eigenvalue weighted by Gasteiger charge is 2.23. The predicted molar refractivity (Wildman–Crippen MR) is 90.6 cm³/mol. The highest BCUT2D eigenvalue weighted by atomic mass is 15.3. The molecular formula is C18H31N3. The third kappa shape index (κ3) is 4.29. The van der Waals surface area contributed by atoms with Crippen molar-refractivity contribution in [1.82, 2.24) is 9.80 Å². The molecule has 0 bridgehead atoms. The van der Waals surface area contributed by atoms with Gasteiger partial charge in [0, 0.05) is 32.2 Å². The van der Waals surface area contributed by atoms with Gasteiger partial charge in [-0.15, -0.1) is 0 Å². The number of benzene rings is 1. The molecule has 1 aromatic carbocycles. The van der Waals surface area contributed by atoms with Crippen molar-refractivity contribution in [3.8, 4) is 0 Å². The molecule has 1 atom stereocenters. The van der Waals surface area contributed by atoms with Crippen LogP contribution in [0.25, 0.3) is 0 Å². The average molecular weight is 289 g/mol. The first-order valence-corrected chi connectivity index (χ1v) is 8.15. The second-order valence-electron chi connectivity index (χ2n) is 7.30. The highest BCUT2D eigenvalue weighted by molar-refractivity contribution is 5.29. The van der Waals surface area contributed by atoms with Crippen LogP contribution in [0.2, 0.25) is 0 Å². The Bertz CT molecular complexity index is 425. The molecule has 2 N–H and O–H groups in total. The SMILES string of the molecule is CN1CCN(C(CCN)c2ccc(C(C)(C)C)cc2)CC1. The fourth-order valence-electron chi connectivity index (χ4n) is 3.06. The van der Waals surface area contributed by atoms with Crippen molar-refractivity contribution < 1.29 is 0 Å². The molecular weight excluding hydrogens is 258 g/mol. The number of likely N-dealkylation sites (N-methyl/N-ethyl adjacent to an activating group) is 1. The van der Waals surface area contributed by atoms with Gasteiger partial charge in [-0.3, -0.25) is 4.90 Å². The quantitative estimate of drug-likeness (QED) is 0.925. The van der Waals surface area contributed by atoms with E-state index in [9.17, 15) is 0 Å². The van der Waals surface area contributed by atoms with E-state index in [0.29, 0.717) is 6.04 Å². The van der Waals surface area contributed by atoms with Gasteiger partial charge in [-0.1, -0.05) is 45.0 Å². The minimum Gasteiger partial charge on any atom is -0.330 e. The van der Waals surface area contributed by atoms with Gasteiger partial charge < -0.3 is 10.6 Å². The maximum atomic E-state index is 5.86. The molecule has 0 aliphatic carbocycles. The van der Waals surface area contributed by atoms with Gasteiger partial charge in [0.2, 0.25) is 0 Å². The van der Waals surface area contributed by atoms with Crippen LogP contribution in [0.5, 0.6) is 0 Å². The van der Waals surface area contributed by atoms with E-state index in [-0.39, 0.29) is 5.41 Å². The maximum Gasteiger partial charge on any atom is 0.0361 e. The zero-order chi connectivity index (χ0) is 15.5. The van der Waals surface area contributed by atoms with E-state index in [0.717, 1.165) is 39.1 Å². The summed E-state index contributed by atoms with van der Waals surface area (Å²) >= 11 is 0. The Labute approximate surface area is 130 Å². The molecule has 1 fully saturated rings. The Kier molecular flexibility index (Phi) is 5.42. The average Bonchev–Trinajstić information content (AvgIpc) is 2.45. The smallest absolute Gasteiger partial charge is 0.0361 e. The fraction of sp³-hybridized carbons (Fsp3) is 0.667. The second-order valence-corrected chi connectivity index (χ2v) is 7.30. The summed E-state index contributed by atoms with van der Waals surface area (Å²) in [7, 11) is 2.20. The molecule has 1 saturated heterocycles. The Morgan fingerprint density at radius 1 is 1.05 bits per heavy atom. The third-order valence-electron chi connectivity index (χ3n) is 4.58. The van der Waals surface area contributed by atoms with E-state index in [2.05, 4.69) is 61.9 Å². The zero-order valence-corrected chi connectivity index (χ0v) is 14.1. The van der Waals surface area contributed by atoms with Crippen LogP contribution in [0.1, 0.15) is 44.4 Å². The number of nitrogens with two attached hydrogens (primary N) is 1. The summed E-state index contributed by atoms with van der Waals surface area (Å²) in [6.07, 6.45) is 1.04. The lowest BCUT2D eigenvalue weighted by Gasteiger charge is -2.38. The monoisotopic (exact) mass is 289 g/mol. The molecule has 21 heavy (non-hydrogen) atoms. The first-order valence-electron chi connectivity index (χ1n) is 8.15. The van der Waals surface area contributed by atoms with Gasteiger partial charge in [-0.2, -0.15) is 0 Å². The third-order valence-corrected chi connectivity index (χ3v) is 4.58. The van der Waals surface area contributed by atoms with E-state index in [1.807, 2.05) is 0 Å². The predicted octanol–water partition coefficient (Wildman–Crippen LogP) is 2.62. The molecule has 0 spiro atoms. The molecule has 0 amide bonds. The lowest BCUT2D eigenvalue weighted by molar-refractivity contribution is 0.108. The van der Waals surface area contributed by atoms with Crippen LogP contribution in [0.3, 0.4) is 0 Å². The van der Waals surface area contributed by atoms with E-state index in [1.165, 1.54) is 11.1 Å². The Morgan fingerprint density at radius 2 is 1.62 bits per heavy atom. The van der Waals surface area contributed by atoms with E-state index in [1.54, 1.807) is 0 Å². The van der Waals surface area contributed by atoms with Crippen molar-refractivity contribution in [2.75, 3.05) is 39.8 Å². The minimum absolute atomic E-state index is 0.218. The van der Waals surface area contributed by atoms with Crippen LogP contribution in [0.4, 0.5) is 0 Å². The van der Waals surface area contributed by atoms with E-state index in [4.69, 9.17) is 5.73 Å². The van der Waals surface area contributed by atoms with Gasteiger partial charge in [0.15, 0.2) is 0 Å². The first kappa shape index (κ1) is 16.5. The number of hydrogen-bond donors (Lipinski definition) is 1. The summed E-state index contributed by atoms with van der Waals surface area (Å²) < 4.78 is 0. The molecule has 2 rings (SSSR count). The summed E-state index contributed by atoms with van der Waals surface area (Å²) in [6.45, 7) is 12.1. The van der Waals surface area contributed by atoms with Crippen LogP contribution in [-0.4, -0.2) is 49.6 Å². The molecule has 3 heteroatoms. The molecule has 1 aliphatic heterocycles. The molecule has 0 radical (unpaired) electrons. The van der Waals surface area contributed by atoms with Crippen molar-refractivity contribution in [1.29, 1.82) is 0 Å². The summed E-state index contributed by atoms with van der Waals surface area (Å²) in [5.41, 5.74) is 8.89. The molecule has 0 aromatic heterocycles. The molecule has 1 unspecified atom stereocenters. The molecule has 1 heterocycles. The number of hydrogen-bond acceptors (Lipinski definition) is 3. The van der Waals surface area contributed by atoms with Crippen LogP contribution in [0, 0.1) is 0 Å². The van der Waals surface area contributed by atoms with Crippen molar-refractivity contribution in [3.63, 3.8) is 0 Å². The van der Waals surface area contributed by atoms with Crippen molar-refractivity contribution in [2.24, 2.45) is 5.73 Å². The largest absolute Gasteiger partial charge is 0.330 e. The molecule has 118 valence electrons. The molecule has 3 nitrogen and oxygen atoms in total. The Hall–Kier alpha value is -0.900. The number of rotatable bonds is 4. The highest BCUT2D eigenvalue weighted by Crippen LogP contribution is 2.28. The summed E-state index contributed by atoms with van der Waals surface area (Å²) in [6, 6.07) is 9.65. The maximum absolute atomic E-state index is 5.86. The van der Waals surface area contributed by atoms with Gasteiger partial charge in [0.05, 0.1) is 0 Å². The molecule has 1 aromatic rings. The summed E-state index contributed by atoms with van der Waals surface area (Å²) in [4.78, 5) is 5.00. The lowest BCUT2D eigenvalue weighted by Crippen LogP contribution is -2.46. The number of nitrogens with zero attached hydrogens (tertiary/aromatic N) is 2. The van der Waals surface area contributed by atoms with Gasteiger partial charge in [-0.25, -0.2) is 0 Å². The van der Waals surface area contributed by atoms with E-state index < -0.39 is 0 Å². The fourth-order valence-corrected chi connectivity index (χ4v) is 3.06. The Morgan fingerprint density at radius 3 is 2.10 bits per heavy atom. The molecule has 0 saturated carbocycles. The minimum atomic E-state index is 0.218. The standard InChI is InChI=1S/C18H31N3/c1-18(2,3)16-7-5-15(6-8-16)17(9-10-19)21-13-11-20(4)12-14-21/h5-8,17H,9-14,19H2,1-4H3. The summed E-state index contributed by atoms with van der Waals surface area (Å²) in [5.74, 6) is 0. The topological polar surface area (TPSA) is 32.5 Å². The zero-order valence-electron chi connectivity index (χ0n) is 14.1. The number of piperazine rings is 1. The van der Waals surface area contributed by atoms with E-state index >= 15 is 0 Å². The lowest BCUT2D eigenvalue weighted by atomic mass is 9.86. The Balaban J connectivity index is 2.14. The first-order chi connectivity index (χ1) is 9.91. The van der Waals surface area contributed by atoms with Crippen LogP contribution >= 0.6 is 0 Å². The molecule has 1 aliphatic rings. The summed E-state index contributed by atoms with van der Waals surface area (Å²) in [5, 5.41) is 0. The normalized spacial score (nSPS) is 19.7. The van der Waals surface area contributed by atoms with Crippen LogP contribution in [-0.2, 0) is 5.41 Å². The van der Waals surface area contributed by atoms with Crippen molar-refractivity contribution in [3.05, 3.63) is 35.4 Å². The van der Waals surface area contributed by atoms with Gasteiger partial charge in [0.1, 0.15) is 0 Å². The van der Waals surface area contributed by atoms with Gasteiger partial charge in [-0.05, 0) is 36.6 Å². The van der Waals surface area contributed by atoms with Crippen LogP contribution in [0.15, 0.2) is 24.3 Å². The second kappa shape index (κ2) is 6.91. The van der Waals surface area contributed by atoms with Crippen molar-refractivity contribution >= 4 is 0 Å². The van der Waals surface area contributed by atoms with Crippen LogP contribution < -0.4 is 5.73 Å². The van der Waals surface area contributed by atoms with Crippen molar-refractivity contribution in [2.45, 2.75) is 38.6 Å².